The Morgan fingerprint density at radius 1 is 1.21 bits per heavy atom. The van der Waals surface area contributed by atoms with Gasteiger partial charge in [-0.1, -0.05) is 42.8 Å². The van der Waals surface area contributed by atoms with Crippen LogP contribution >= 0.6 is 12.2 Å². The van der Waals surface area contributed by atoms with Crippen LogP contribution in [0.25, 0.3) is 17.3 Å². The molecule has 33 heavy (non-hydrogen) atoms. The van der Waals surface area contributed by atoms with E-state index in [1.54, 1.807) is 13.0 Å². The zero-order valence-electron chi connectivity index (χ0n) is 18.4. The van der Waals surface area contributed by atoms with Crippen LogP contribution in [-0.4, -0.2) is 27.1 Å². The molecule has 7 nitrogen and oxygen atoms in total. The molecule has 8 heteroatoms. The largest absolute Gasteiger partial charge is 0.494 e. The van der Waals surface area contributed by atoms with E-state index in [9.17, 15) is 14.7 Å². The van der Waals surface area contributed by atoms with E-state index in [0.717, 1.165) is 21.7 Å². The molecule has 3 N–H and O–H groups in total. The van der Waals surface area contributed by atoms with Crippen molar-refractivity contribution in [3.63, 3.8) is 0 Å². The number of carbonyl (C=O) groups excluding carboxylic acids is 1. The summed E-state index contributed by atoms with van der Waals surface area (Å²) in [5.74, 6) is -0.288. The van der Waals surface area contributed by atoms with Gasteiger partial charge < -0.3 is 10.4 Å². The lowest BCUT2D eigenvalue weighted by molar-refractivity contribution is -0.120. The van der Waals surface area contributed by atoms with Gasteiger partial charge in [-0.25, -0.2) is 4.99 Å². The van der Waals surface area contributed by atoms with Gasteiger partial charge in [0.25, 0.3) is 5.56 Å². The fourth-order valence-electron chi connectivity index (χ4n) is 3.73. The normalized spacial score (nSPS) is 13.6. The van der Waals surface area contributed by atoms with E-state index in [1.807, 2.05) is 55.5 Å². The van der Waals surface area contributed by atoms with Crippen LogP contribution in [0.4, 0.5) is 0 Å². The van der Waals surface area contributed by atoms with E-state index in [4.69, 9.17) is 12.2 Å². The number of nitrogens with zero attached hydrogens (tertiary/aromatic N) is 2. The number of amides is 1. The lowest BCUT2D eigenvalue weighted by Gasteiger charge is -2.12. The van der Waals surface area contributed by atoms with E-state index in [-0.39, 0.29) is 22.1 Å². The Kier molecular flexibility index (Phi) is 6.37. The maximum Gasteiger partial charge on any atom is 0.262 e. The number of aromatic nitrogens is 2. The quantitative estimate of drug-likeness (QED) is 0.493. The molecular weight excluding hydrogens is 436 g/mol. The van der Waals surface area contributed by atoms with Gasteiger partial charge in [0.15, 0.2) is 4.77 Å². The average molecular weight is 461 g/mol. The number of rotatable bonds is 6. The highest BCUT2D eigenvalue weighted by Gasteiger charge is 2.18. The molecule has 168 valence electrons. The zero-order chi connectivity index (χ0) is 23.5. The van der Waals surface area contributed by atoms with Crippen LogP contribution in [0.2, 0.25) is 0 Å². The van der Waals surface area contributed by atoms with Crippen molar-refractivity contribution in [1.29, 1.82) is 0 Å². The predicted molar refractivity (Wildman–Crippen MR) is 130 cm³/mol. The lowest BCUT2D eigenvalue weighted by Crippen LogP contribution is -2.26. The van der Waals surface area contributed by atoms with Gasteiger partial charge in [-0.05, 0) is 55.4 Å². The summed E-state index contributed by atoms with van der Waals surface area (Å²) in [5.41, 5.74) is 2.72. The first-order valence-electron chi connectivity index (χ1n) is 10.7. The molecule has 1 aliphatic rings. The number of para-hydroxylation sites is 1. The summed E-state index contributed by atoms with van der Waals surface area (Å²) in [5, 5.41) is 15.6. The third-order valence-electron chi connectivity index (χ3n) is 5.49. The molecule has 0 spiro atoms. The molecule has 0 bridgehead atoms. The minimum atomic E-state index is -0.502. The standard InChI is InChI=1S/C25H24N4O3S/c1-3-22(30)26-13-12-18-17-6-4-5-7-20(17)27-21(18)14-19-23(31)28-25(33)29(24(19)32)16-10-8-15(2)9-11-16/h4-11,14,32H,3,12-13H2,1-2H3,(H,26,30)(H,28,31,33). The van der Waals surface area contributed by atoms with Crippen molar-refractivity contribution in [2.24, 2.45) is 4.99 Å². The molecule has 2 aromatic carbocycles. The molecule has 1 aromatic heterocycles. The second-order valence-electron chi connectivity index (χ2n) is 7.76. The monoisotopic (exact) mass is 460 g/mol. The van der Waals surface area contributed by atoms with E-state index in [0.29, 0.717) is 30.8 Å². The molecule has 0 saturated heterocycles. The first kappa shape index (κ1) is 22.4. The lowest BCUT2D eigenvalue weighted by atomic mass is 10.1. The number of benzene rings is 2. The Morgan fingerprint density at radius 2 is 1.94 bits per heavy atom. The molecule has 1 amide bonds. The number of aryl methyl sites for hydroxylation is 1. The molecule has 0 fully saturated rings. The maximum absolute atomic E-state index is 12.8. The summed E-state index contributed by atoms with van der Waals surface area (Å²) in [7, 11) is 0. The number of aromatic amines is 1. The summed E-state index contributed by atoms with van der Waals surface area (Å²) >= 11 is 5.32. The van der Waals surface area contributed by atoms with Crippen LogP contribution < -0.4 is 21.5 Å². The van der Waals surface area contributed by atoms with Crippen LogP contribution in [0, 0.1) is 11.7 Å². The van der Waals surface area contributed by atoms with Gasteiger partial charge in [0.05, 0.1) is 16.7 Å². The number of hydrogen-bond acceptors (Lipinski definition) is 5. The minimum Gasteiger partial charge on any atom is -0.494 e. The molecular formula is C25H24N4O3S. The molecule has 0 aliphatic carbocycles. The SMILES string of the molecule is CCC(=O)NCCC1=c2ccccc2=NC1=Cc1c(O)n(-c2ccc(C)cc2)c(=S)[nH]c1=O. The zero-order valence-corrected chi connectivity index (χ0v) is 19.2. The molecule has 3 aromatic rings. The fraction of sp³-hybridized carbons (Fsp3) is 0.200. The topological polar surface area (TPSA) is 99.5 Å². The van der Waals surface area contributed by atoms with Gasteiger partial charge >= 0.3 is 0 Å². The number of fused-ring (bicyclic) bond motifs is 1. The Hall–Kier alpha value is -3.78. The Balaban J connectivity index is 1.82. The molecule has 1 aliphatic heterocycles. The Labute approximate surface area is 195 Å². The van der Waals surface area contributed by atoms with Crippen molar-refractivity contribution in [2.45, 2.75) is 26.7 Å². The molecule has 0 saturated carbocycles. The minimum absolute atomic E-state index is 0.0291. The number of H-pyrrole nitrogens is 1. The van der Waals surface area contributed by atoms with Gasteiger partial charge in [-0.3, -0.25) is 19.1 Å². The first-order chi connectivity index (χ1) is 15.9. The number of allylic oxidation sites excluding steroid dienone is 1. The Bertz CT molecular complexity index is 1500. The summed E-state index contributed by atoms with van der Waals surface area (Å²) < 4.78 is 1.52. The number of hydrogen-bond donors (Lipinski definition) is 3. The summed E-state index contributed by atoms with van der Waals surface area (Å²) in [4.78, 5) is 31.8. The van der Waals surface area contributed by atoms with Crippen LogP contribution in [-0.2, 0) is 4.79 Å². The maximum atomic E-state index is 12.8. The van der Waals surface area contributed by atoms with Crippen molar-refractivity contribution in [2.75, 3.05) is 6.54 Å². The van der Waals surface area contributed by atoms with Gasteiger partial charge in [0.1, 0.15) is 5.56 Å². The smallest absolute Gasteiger partial charge is 0.262 e. The Morgan fingerprint density at radius 3 is 2.67 bits per heavy atom. The molecule has 0 unspecified atom stereocenters. The van der Waals surface area contributed by atoms with Gasteiger partial charge in [0.2, 0.25) is 11.8 Å². The van der Waals surface area contributed by atoms with Crippen LogP contribution in [0.5, 0.6) is 5.88 Å². The molecule has 4 rings (SSSR count). The van der Waals surface area contributed by atoms with E-state index < -0.39 is 5.56 Å². The van der Waals surface area contributed by atoms with Crippen LogP contribution in [0.3, 0.4) is 0 Å². The number of carbonyl (C=O) groups is 1. The van der Waals surface area contributed by atoms with E-state index >= 15 is 0 Å². The van der Waals surface area contributed by atoms with E-state index in [1.165, 1.54) is 4.57 Å². The molecule has 0 atom stereocenters. The first-order valence-corrected chi connectivity index (χ1v) is 11.1. The van der Waals surface area contributed by atoms with Crippen molar-refractivity contribution in [3.8, 4) is 11.6 Å². The highest BCUT2D eigenvalue weighted by atomic mass is 32.1. The molecule has 0 radical (unpaired) electrons. The van der Waals surface area contributed by atoms with Crippen LogP contribution in [0.15, 0.2) is 64.0 Å². The summed E-state index contributed by atoms with van der Waals surface area (Å²) in [6.45, 7) is 4.21. The number of nitrogens with one attached hydrogen (secondary N) is 2. The van der Waals surface area contributed by atoms with Gasteiger partial charge in [-0.15, -0.1) is 0 Å². The number of aromatic hydroxyl groups is 1. The van der Waals surface area contributed by atoms with E-state index in [2.05, 4.69) is 15.3 Å². The summed E-state index contributed by atoms with van der Waals surface area (Å²) in [6, 6.07) is 15.1. The second-order valence-corrected chi connectivity index (χ2v) is 8.14. The van der Waals surface area contributed by atoms with Gasteiger partial charge in [-0.2, -0.15) is 0 Å². The van der Waals surface area contributed by atoms with Crippen molar-refractivity contribution in [3.05, 3.63) is 91.1 Å². The van der Waals surface area contributed by atoms with Gasteiger partial charge in [0, 0.05) is 18.2 Å². The fourth-order valence-corrected chi connectivity index (χ4v) is 4.02. The highest BCUT2D eigenvalue weighted by Crippen LogP contribution is 2.25. The predicted octanol–water partition coefficient (Wildman–Crippen LogP) is 2.65. The van der Waals surface area contributed by atoms with Crippen molar-refractivity contribution >= 4 is 29.8 Å². The highest BCUT2D eigenvalue weighted by molar-refractivity contribution is 7.71. The third-order valence-corrected chi connectivity index (χ3v) is 5.78. The second kappa shape index (κ2) is 9.38. The third kappa shape index (κ3) is 4.56. The molecule has 2 heterocycles. The van der Waals surface area contributed by atoms with Crippen molar-refractivity contribution in [1.82, 2.24) is 14.9 Å². The van der Waals surface area contributed by atoms with Crippen molar-refractivity contribution < 1.29 is 9.90 Å². The van der Waals surface area contributed by atoms with Crippen LogP contribution in [0.1, 0.15) is 30.9 Å². The summed E-state index contributed by atoms with van der Waals surface area (Å²) in [6.07, 6.45) is 2.52. The average Bonchev–Trinajstić information content (AvgIpc) is 3.15.